The summed E-state index contributed by atoms with van der Waals surface area (Å²) in [6.07, 6.45) is 1.63. The summed E-state index contributed by atoms with van der Waals surface area (Å²) in [5, 5.41) is 0. The third-order valence-electron chi connectivity index (χ3n) is 6.29. The van der Waals surface area contributed by atoms with Gasteiger partial charge in [0.1, 0.15) is 16.3 Å². The lowest BCUT2D eigenvalue weighted by atomic mass is 9.97. The van der Waals surface area contributed by atoms with Gasteiger partial charge in [-0.3, -0.25) is 4.90 Å². The number of ether oxygens (including phenoxy) is 1. The fourth-order valence-corrected chi connectivity index (χ4v) is 5.83. The molecule has 1 aliphatic heterocycles. The molecule has 0 unspecified atom stereocenters. The molecule has 0 atom stereocenters. The molecular weight excluding hydrogens is 433 g/mol. The molecule has 1 aliphatic rings. The highest BCUT2D eigenvalue weighted by Gasteiger charge is 2.32. The summed E-state index contributed by atoms with van der Waals surface area (Å²) in [4.78, 5) is 14.6. The average Bonchev–Trinajstić information content (AvgIpc) is 3.00. The van der Waals surface area contributed by atoms with Gasteiger partial charge in [-0.15, -0.1) is 0 Å². The largest absolute Gasteiger partial charge is 0.462 e. The van der Waals surface area contributed by atoms with Crippen molar-refractivity contribution >= 4 is 16.0 Å². The number of hydrogen-bond donors (Lipinski definition) is 1. The molecule has 1 aromatic heterocycles. The van der Waals surface area contributed by atoms with Gasteiger partial charge < -0.3 is 9.30 Å². The first-order valence-corrected chi connectivity index (χ1v) is 12.4. The van der Waals surface area contributed by atoms with Crippen LogP contribution in [0.2, 0.25) is 0 Å². The molecule has 0 amide bonds. The summed E-state index contributed by atoms with van der Waals surface area (Å²) in [5.41, 5.74) is 1.83. The lowest BCUT2D eigenvalue weighted by Gasteiger charge is -2.32. The predicted octanol–water partition coefficient (Wildman–Crippen LogP) is 3.15. The molecule has 0 spiro atoms. The number of halogens is 1. The number of aromatic nitrogens is 1. The Balaban J connectivity index is 1.64. The Bertz CT molecular complexity index is 1070. The van der Waals surface area contributed by atoms with Crippen LogP contribution in [-0.4, -0.2) is 50.1 Å². The number of nitrogens with one attached hydrogen (secondary N) is 1. The van der Waals surface area contributed by atoms with Crippen molar-refractivity contribution in [1.29, 1.82) is 0 Å². The van der Waals surface area contributed by atoms with Crippen molar-refractivity contribution in [1.82, 2.24) is 14.2 Å². The quantitative estimate of drug-likeness (QED) is 0.606. The standard InChI is InChI=1S/C23H32FN3O4S/c1-5-31-23(28)21-16(2)26(4)17(3)22(21)32(29,30)25-14-18-10-12-27(13-11-18)15-19-8-6-7-9-20(19)24/h6-9,18,25H,5,10-15H2,1-4H3. The number of rotatable bonds is 8. The Morgan fingerprint density at radius 3 is 2.47 bits per heavy atom. The Hall–Kier alpha value is -2.23. The first kappa shape index (κ1) is 24.4. The van der Waals surface area contributed by atoms with E-state index < -0.39 is 16.0 Å². The zero-order valence-corrected chi connectivity index (χ0v) is 20.0. The van der Waals surface area contributed by atoms with E-state index in [9.17, 15) is 17.6 Å². The van der Waals surface area contributed by atoms with Crippen molar-refractivity contribution < 1.29 is 22.3 Å². The van der Waals surface area contributed by atoms with Crippen LogP contribution in [0.3, 0.4) is 0 Å². The van der Waals surface area contributed by atoms with E-state index in [-0.39, 0.29) is 28.8 Å². The highest BCUT2D eigenvalue weighted by Crippen LogP contribution is 2.27. The summed E-state index contributed by atoms with van der Waals surface area (Å²) in [5.74, 6) is -0.651. The van der Waals surface area contributed by atoms with E-state index in [2.05, 4.69) is 9.62 Å². The van der Waals surface area contributed by atoms with Crippen molar-refractivity contribution in [3.05, 3.63) is 52.6 Å². The van der Waals surface area contributed by atoms with Gasteiger partial charge in [0.05, 0.1) is 6.61 Å². The summed E-state index contributed by atoms with van der Waals surface area (Å²) >= 11 is 0. The van der Waals surface area contributed by atoms with Crippen LogP contribution in [0.25, 0.3) is 0 Å². The van der Waals surface area contributed by atoms with E-state index in [1.807, 2.05) is 6.07 Å². The van der Waals surface area contributed by atoms with E-state index in [1.165, 1.54) is 6.07 Å². The number of benzene rings is 1. The first-order valence-electron chi connectivity index (χ1n) is 10.9. The van der Waals surface area contributed by atoms with E-state index in [1.54, 1.807) is 44.5 Å². The Kier molecular flexibility index (Phi) is 7.74. The molecule has 2 heterocycles. The van der Waals surface area contributed by atoms with Gasteiger partial charge in [-0.2, -0.15) is 0 Å². The number of carbonyl (C=O) groups excluding carboxylic acids is 1. The SMILES string of the molecule is CCOC(=O)c1c(S(=O)(=O)NCC2CCN(Cc3ccccc3F)CC2)c(C)n(C)c1C. The third kappa shape index (κ3) is 5.22. The monoisotopic (exact) mass is 465 g/mol. The number of carbonyl (C=O) groups is 1. The van der Waals surface area contributed by atoms with Crippen LogP contribution >= 0.6 is 0 Å². The van der Waals surface area contributed by atoms with Crippen LogP contribution < -0.4 is 4.72 Å². The fourth-order valence-electron chi connectivity index (χ4n) is 4.21. The van der Waals surface area contributed by atoms with Crippen molar-refractivity contribution in [2.75, 3.05) is 26.2 Å². The fraction of sp³-hybridized carbons (Fsp3) is 0.522. The molecule has 1 fully saturated rings. The number of hydrogen-bond acceptors (Lipinski definition) is 5. The first-order chi connectivity index (χ1) is 15.2. The molecule has 9 heteroatoms. The van der Waals surface area contributed by atoms with Gasteiger partial charge in [0.25, 0.3) is 0 Å². The normalized spacial score (nSPS) is 15.8. The number of likely N-dealkylation sites (tertiary alicyclic amines) is 1. The zero-order chi connectivity index (χ0) is 23.5. The van der Waals surface area contributed by atoms with Gasteiger partial charge in [-0.25, -0.2) is 22.3 Å². The summed E-state index contributed by atoms with van der Waals surface area (Å²) in [6.45, 7) is 7.66. The van der Waals surface area contributed by atoms with E-state index >= 15 is 0 Å². The van der Waals surface area contributed by atoms with Gasteiger partial charge in [0.15, 0.2) is 0 Å². The maximum Gasteiger partial charge on any atom is 0.341 e. The van der Waals surface area contributed by atoms with Crippen LogP contribution in [-0.2, 0) is 28.4 Å². The van der Waals surface area contributed by atoms with Gasteiger partial charge in [-0.05, 0) is 58.7 Å². The molecule has 1 saturated heterocycles. The topological polar surface area (TPSA) is 80.6 Å². The van der Waals surface area contributed by atoms with Gasteiger partial charge >= 0.3 is 5.97 Å². The molecule has 1 aromatic carbocycles. The van der Waals surface area contributed by atoms with Gasteiger partial charge in [0, 0.05) is 37.1 Å². The second kappa shape index (κ2) is 10.1. The van der Waals surface area contributed by atoms with Crippen LogP contribution in [0.5, 0.6) is 0 Å². The van der Waals surface area contributed by atoms with Gasteiger partial charge in [0.2, 0.25) is 10.0 Å². The summed E-state index contributed by atoms with van der Waals surface area (Å²) < 4.78 is 49.7. The summed E-state index contributed by atoms with van der Waals surface area (Å²) in [7, 11) is -2.15. The number of sulfonamides is 1. The third-order valence-corrected chi connectivity index (χ3v) is 7.88. The van der Waals surface area contributed by atoms with Crippen LogP contribution in [0.15, 0.2) is 29.2 Å². The minimum atomic E-state index is -3.89. The molecule has 0 bridgehead atoms. The lowest BCUT2D eigenvalue weighted by molar-refractivity contribution is 0.0521. The lowest BCUT2D eigenvalue weighted by Crippen LogP contribution is -2.38. The number of piperidine rings is 1. The van der Waals surface area contributed by atoms with Crippen LogP contribution in [0, 0.1) is 25.6 Å². The van der Waals surface area contributed by atoms with Crippen molar-refractivity contribution in [2.45, 2.75) is 45.1 Å². The van der Waals surface area contributed by atoms with Crippen molar-refractivity contribution in [3.8, 4) is 0 Å². The van der Waals surface area contributed by atoms with E-state index in [4.69, 9.17) is 4.74 Å². The second-order valence-electron chi connectivity index (χ2n) is 8.32. The van der Waals surface area contributed by atoms with E-state index in [0.717, 1.165) is 25.9 Å². The molecule has 2 aromatic rings. The maximum absolute atomic E-state index is 13.9. The van der Waals surface area contributed by atoms with Crippen molar-refractivity contribution in [3.63, 3.8) is 0 Å². The highest BCUT2D eigenvalue weighted by molar-refractivity contribution is 7.89. The van der Waals surface area contributed by atoms with Crippen molar-refractivity contribution in [2.24, 2.45) is 13.0 Å². The number of esters is 1. The minimum Gasteiger partial charge on any atom is -0.462 e. The molecule has 0 radical (unpaired) electrons. The molecule has 176 valence electrons. The summed E-state index contributed by atoms with van der Waals surface area (Å²) in [6, 6.07) is 6.77. The molecule has 7 nitrogen and oxygen atoms in total. The zero-order valence-electron chi connectivity index (χ0n) is 19.2. The average molecular weight is 466 g/mol. The minimum absolute atomic E-state index is 0.00654. The molecule has 0 aliphatic carbocycles. The number of nitrogens with zero attached hydrogens (tertiary/aromatic N) is 2. The Morgan fingerprint density at radius 1 is 1.19 bits per heavy atom. The maximum atomic E-state index is 13.9. The molecule has 3 rings (SSSR count). The molecular formula is C23H32FN3O4S. The Labute approximate surface area is 189 Å². The molecule has 1 N–H and O–H groups in total. The smallest absolute Gasteiger partial charge is 0.341 e. The Morgan fingerprint density at radius 2 is 1.84 bits per heavy atom. The predicted molar refractivity (Wildman–Crippen MR) is 120 cm³/mol. The van der Waals surface area contributed by atoms with Gasteiger partial charge in [-0.1, -0.05) is 18.2 Å². The second-order valence-corrected chi connectivity index (χ2v) is 10.0. The molecule has 32 heavy (non-hydrogen) atoms. The van der Waals surface area contributed by atoms with E-state index in [0.29, 0.717) is 30.0 Å². The highest BCUT2D eigenvalue weighted by atomic mass is 32.2. The van der Waals surface area contributed by atoms with Crippen LogP contribution in [0.1, 0.15) is 47.1 Å². The van der Waals surface area contributed by atoms with Crippen LogP contribution in [0.4, 0.5) is 4.39 Å². The molecule has 0 saturated carbocycles.